The van der Waals surface area contributed by atoms with Crippen LogP contribution in [0.15, 0.2) is 47.4 Å². The summed E-state index contributed by atoms with van der Waals surface area (Å²) in [6.45, 7) is 0. The molecule has 116 valence electrons. The van der Waals surface area contributed by atoms with Gasteiger partial charge in [0.25, 0.3) is 0 Å². The molecule has 1 atom stereocenters. The lowest BCUT2D eigenvalue weighted by Gasteiger charge is -2.24. The molecule has 1 aliphatic heterocycles. The highest BCUT2D eigenvalue weighted by molar-refractivity contribution is 7.90. The SMILES string of the molecule is O=c1c2c(n(-c3cccc(Cl)c3)c3ncccc13)CC[S+]([O-])C2. The molecule has 6 heteroatoms. The molecule has 4 nitrogen and oxygen atoms in total. The fourth-order valence-electron chi connectivity index (χ4n) is 3.06. The molecule has 0 radical (unpaired) electrons. The second-order valence-electron chi connectivity index (χ2n) is 5.48. The Bertz CT molecular complexity index is 970. The lowest BCUT2D eigenvalue weighted by molar-refractivity contribution is 0.588. The number of nitrogens with zero attached hydrogens (tertiary/aromatic N) is 2. The summed E-state index contributed by atoms with van der Waals surface area (Å²) in [6, 6.07) is 11.0. The van der Waals surface area contributed by atoms with Crippen LogP contribution in [0.4, 0.5) is 0 Å². The third kappa shape index (κ3) is 2.45. The van der Waals surface area contributed by atoms with Crippen molar-refractivity contribution in [3.8, 4) is 5.69 Å². The summed E-state index contributed by atoms with van der Waals surface area (Å²) in [5.41, 5.74) is 2.95. The maximum atomic E-state index is 12.8. The molecule has 1 aromatic carbocycles. The predicted octanol–water partition coefficient (Wildman–Crippen LogP) is 2.84. The molecule has 3 heterocycles. The second-order valence-corrected chi connectivity index (χ2v) is 7.50. The van der Waals surface area contributed by atoms with Gasteiger partial charge in [-0.15, -0.1) is 0 Å². The Hall–Kier alpha value is -1.82. The third-order valence-electron chi connectivity index (χ3n) is 4.07. The summed E-state index contributed by atoms with van der Waals surface area (Å²) >= 11 is 5.16. The maximum absolute atomic E-state index is 12.8. The molecule has 0 aliphatic carbocycles. The van der Waals surface area contributed by atoms with Crippen LogP contribution in [-0.2, 0) is 23.3 Å². The van der Waals surface area contributed by atoms with Crippen molar-refractivity contribution in [3.63, 3.8) is 0 Å². The van der Waals surface area contributed by atoms with E-state index in [9.17, 15) is 9.35 Å². The Morgan fingerprint density at radius 3 is 2.96 bits per heavy atom. The fourth-order valence-corrected chi connectivity index (χ4v) is 4.43. The molecule has 0 bridgehead atoms. The molecule has 3 aromatic rings. The number of halogens is 1. The first-order chi connectivity index (χ1) is 11.1. The van der Waals surface area contributed by atoms with Gasteiger partial charge in [0.05, 0.1) is 10.9 Å². The quantitative estimate of drug-likeness (QED) is 0.638. The molecule has 2 aromatic heterocycles. The van der Waals surface area contributed by atoms with Crippen LogP contribution in [0.3, 0.4) is 0 Å². The maximum Gasteiger partial charge on any atom is 0.199 e. The number of hydrogen-bond acceptors (Lipinski definition) is 3. The Labute approximate surface area is 140 Å². The molecule has 23 heavy (non-hydrogen) atoms. The minimum absolute atomic E-state index is 0.0607. The number of rotatable bonds is 1. The standard InChI is InChI=1S/C17H13ClN2O2S/c18-11-3-1-4-12(9-11)20-15-6-8-23(22)10-14(15)16(21)13-5-2-7-19-17(13)20/h1-5,7,9H,6,8,10H2. The van der Waals surface area contributed by atoms with Crippen LogP contribution in [0.1, 0.15) is 11.3 Å². The van der Waals surface area contributed by atoms with Crippen LogP contribution in [0.5, 0.6) is 0 Å². The van der Waals surface area contributed by atoms with Gasteiger partial charge in [-0.25, -0.2) is 4.98 Å². The van der Waals surface area contributed by atoms with Crippen molar-refractivity contribution in [3.05, 3.63) is 69.1 Å². The fraction of sp³-hybridized carbons (Fsp3) is 0.176. The monoisotopic (exact) mass is 344 g/mol. The van der Waals surface area contributed by atoms with E-state index in [0.717, 1.165) is 11.4 Å². The topological polar surface area (TPSA) is 58.0 Å². The van der Waals surface area contributed by atoms with Crippen molar-refractivity contribution >= 4 is 33.8 Å². The molecular weight excluding hydrogens is 332 g/mol. The molecule has 0 fully saturated rings. The molecule has 0 amide bonds. The molecule has 1 unspecified atom stereocenters. The predicted molar refractivity (Wildman–Crippen MR) is 92.8 cm³/mol. The number of fused-ring (bicyclic) bond motifs is 2. The Balaban J connectivity index is 2.14. The van der Waals surface area contributed by atoms with Crippen LogP contribution in [-0.4, -0.2) is 19.9 Å². The lowest BCUT2D eigenvalue weighted by Crippen LogP contribution is -2.29. The second kappa shape index (κ2) is 5.67. The largest absolute Gasteiger partial charge is 0.616 e. The van der Waals surface area contributed by atoms with Gasteiger partial charge in [0.1, 0.15) is 17.2 Å². The smallest absolute Gasteiger partial charge is 0.199 e. The van der Waals surface area contributed by atoms with Gasteiger partial charge >= 0.3 is 0 Å². The molecule has 0 spiro atoms. The van der Waals surface area contributed by atoms with E-state index >= 15 is 0 Å². The normalized spacial score (nSPS) is 17.2. The van der Waals surface area contributed by atoms with Gasteiger partial charge in [-0.2, -0.15) is 0 Å². The average molecular weight is 345 g/mol. The Morgan fingerprint density at radius 1 is 1.26 bits per heavy atom. The van der Waals surface area contributed by atoms with E-state index in [1.54, 1.807) is 18.3 Å². The zero-order valence-electron chi connectivity index (χ0n) is 12.2. The van der Waals surface area contributed by atoms with Crippen LogP contribution in [0.2, 0.25) is 5.02 Å². The Kier molecular flexibility index (Phi) is 3.64. The highest BCUT2D eigenvalue weighted by Gasteiger charge is 2.27. The van der Waals surface area contributed by atoms with Gasteiger partial charge in [0.15, 0.2) is 5.43 Å². The third-order valence-corrected chi connectivity index (χ3v) is 5.58. The molecular formula is C17H13ClN2O2S. The average Bonchev–Trinajstić information content (AvgIpc) is 2.56. The van der Waals surface area contributed by atoms with Crippen LogP contribution in [0, 0.1) is 0 Å². The van der Waals surface area contributed by atoms with Gasteiger partial charge in [-0.3, -0.25) is 9.36 Å². The van der Waals surface area contributed by atoms with Crippen molar-refractivity contribution in [2.45, 2.75) is 12.2 Å². The summed E-state index contributed by atoms with van der Waals surface area (Å²) in [5.74, 6) is 0.866. The van der Waals surface area contributed by atoms with Crippen molar-refractivity contribution in [1.82, 2.24) is 9.55 Å². The Morgan fingerprint density at radius 2 is 2.13 bits per heavy atom. The van der Waals surface area contributed by atoms with Gasteiger partial charge in [0.2, 0.25) is 0 Å². The van der Waals surface area contributed by atoms with Gasteiger partial charge < -0.3 is 4.55 Å². The first kappa shape index (κ1) is 14.8. The molecule has 0 saturated carbocycles. The minimum Gasteiger partial charge on any atom is -0.616 e. The van der Waals surface area contributed by atoms with Crippen molar-refractivity contribution in [2.24, 2.45) is 0 Å². The van der Waals surface area contributed by atoms with Crippen molar-refractivity contribution in [1.29, 1.82) is 0 Å². The van der Waals surface area contributed by atoms with Crippen LogP contribution in [0.25, 0.3) is 16.7 Å². The van der Waals surface area contributed by atoms with E-state index in [4.69, 9.17) is 11.6 Å². The van der Waals surface area contributed by atoms with E-state index in [0.29, 0.717) is 39.5 Å². The zero-order valence-corrected chi connectivity index (χ0v) is 13.7. The summed E-state index contributed by atoms with van der Waals surface area (Å²) in [6.07, 6.45) is 2.27. The lowest BCUT2D eigenvalue weighted by atomic mass is 10.1. The minimum atomic E-state index is -0.984. The number of pyridine rings is 2. The van der Waals surface area contributed by atoms with E-state index in [2.05, 4.69) is 4.98 Å². The number of aromatic nitrogens is 2. The van der Waals surface area contributed by atoms with Crippen LogP contribution >= 0.6 is 11.6 Å². The summed E-state index contributed by atoms with van der Waals surface area (Å²) in [4.78, 5) is 17.2. The van der Waals surface area contributed by atoms with Crippen molar-refractivity contribution < 1.29 is 4.55 Å². The van der Waals surface area contributed by atoms with Gasteiger partial charge in [0, 0.05) is 29.0 Å². The van der Waals surface area contributed by atoms with Gasteiger partial charge in [-0.1, -0.05) is 17.7 Å². The van der Waals surface area contributed by atoms with E-state index < -0.39 is 11.2 Å². The summed E-state index contributed by atoms with van der Waals surface area (Å²) in [5, 5.41) is 1.17. The van der Waals surface area contributed by atoms with E-state index in [1.165, 1.54) is 0 Å². The molecule has 4 rings (SSSR count). The van der Waals surface area contributed by atoms with Crippen molar-refractivity contribution in [2.75, 3.05) is 5.75 Å². The number of benzene rings is 1. The van der Waals surface area contributed by atoms with Gasteiger partial charge in [-0.05, 0) is 41.5 Å². The molecule has 0 N–H and O–H groups in total. The first-order valence-corrected chi connectivity index (χ1v) is 9.14. The highest BCUT2D eigenvalue weighted by Crippen LogP contribution is 2.26. The van der Waals surface area contributed by atoms with E-state index in [1.807, 2.05) is 28.8 Å². The summed E-state index contributed by atoms with van der Waals surface area (Å²) < 4.78 is 13.9. The van der Waals surface area contributed by atoms with Crippen LogP contribution < -0.4 is 5.43 Å². The number of hydrogen-bond donors (Lipinski definition) is 0. The first-order valence-electron chi connectivity index (χ1n) is 7.27. The van der Waals surface area contributed by atoms with E-state index in [-0.39, 0.29) is 5.43 Å². The highest BCUT2D eigenvalue weighted by atomic mass is 35.5. The summed E-state index contributed by atoms with van der Waals surface area (Å²) in [7, 11) is 0. The molecule has 1 aliphatic rings. The zero-order chi connectivity index (χ0) is 16.0. The molecule has 0 saturated heterocycles.